The van der Waals surface area contributed by atoms with Gasteiger partial charge in [-0.2, -0.15) is 0 Å². The van der Waals surface area contributed by atoms with E-state index in [1.807, 2.05) is 0 Å². The summed E-state index contributed by atoms with van der Waals surface area (Å²) in [7, 11) is 0. The zero-order chi connectivity index (χ0) is 15.9. The van der Waals surface area contributed by atoms with Gasteiger partial charge in [-0.25, -0.2) is 0 Å². The lowest BCUT2D eigenvalue weighted by molar-refractivity contribution is 0.0105. The fourth-order valence-corrected chi connectivity index (χ4v) is 3.63. The lowest BCUT2D eigenvalue weighted by Gasteiger charge is -2.22. The maximum atomic E-state index is 6.07. The summed E-state index contributed by atoms with van der Waals surface area (Å²) in [5.41, 5.74) is 10.1. The number of hydrogen-bond donors (Lipinski definition) is 2. The second kappa shape index (κ2) is 8.34. The Morgan fingerprint density at radius 1 is 1.22 bits per heavy atom. The highest BCUT2D eigenvalue weighted by molar-refractivity contribution is 5.93. The van der Waals surface area contributed by atoms with E-state index in [-0.39, 0.29) is 0 Å². The van der Waals surface area contributed by atoms with E-state index in [1.54, 1.807) is 0 Å². The van der Waals surface area contributed by atoms with Crippen molar-refractivity contribution in [2.75, 3.05) is 18.5 Å². The molecule has 1 saturated heterocycles. The van der Waals surface area contributed by atoms with Gasteiger partial charge in [0.15, 0.2) is 5.96 Å². The van der Waals surface area contributed by atoms with E-state index < -0.39 is 0 Å². The summed E-state index contributed by atoms with van der Waals surface area (Å²) in [6.07, 6.45) is 11.2. The number of benzene rings is 1. The van der Waals surface area contributed by atoms with E-state index >= 15 is 0 Å². The normalized spacial score (nSPS) is 21.7. The molecule has 0 spiro atoms. The van der Waals surface area contributed by atoms with E-state index in [0.29, 0.717) is 12.1 Å². The van der Waals surface area contributed by atoms with Crippen LogP contribution in [0.4, 0.5) is 5.69 Å². The van der Waals surface area contributed by atoms with Crippen molar-refractivity contribution in [3.05, 3.63) is 29.3 Å². The molecule has 1 fully saturated rings. The van der Waals surface area contributed by atoms with Gasteiger partial charge in [-0.3, -0.25) is 4.99 Å². The number of guanidine groups is 1. The van der Waals surface area contributed by atoms with Crippen molar-refractivity contribution in [1.29, 1.82) is 0 Å². The fourth-order valence-electron chi connectivity index (χ4n) is 3.63. The SMILES string of the molecule is NC(=NCCCC1CCCCO1)Nc1cccc2c1CCCC2. The third-order valence-electron chi connectivity index (χ3n) is 4.90. The molecule has 0 bridgehead atoms. The Kier molecular flexibility index (Phi) is 5.92. The molecule has 1 aromatic rings. The minimum Gasteiger partial charge on any atom is -0.378 e. The lowest BCUT2D eigenvalue weighted by atomic mass is 9.90. The molecule has 1 heterocycles. The number of rotatable bonds is 5. The van der Waals surface area contributed by atoms with Gasteiger partial charge in [-0.1, -0.05) is 12.1 Å². The van der Waals surface area contributed by atoms with Crippen LogP contribution in [0, 0.1) is 0 Å². The van der Waals surface area contributed by atoms with Gasteiger partial charge in [0.25, 0.3) is 0 Å². The van der Waals surface area contributed by atoms with Crippen LogP contribution in [0.15, 0.2) is 23.2 Å². The molecule has 0 amide bonds. The number of nitrogens with one attached hydrogen (secondary N) is 1. The summed E-state index contributed by atoms with van der Waals surface area (Å²) >= 11 is 0. The maximum absolute atomic E-state index is 6.07. The van der Waals surface area contributed by atoms with Crippen molar-refractivity contribution < 1.29 is 4.74 Å². The molecule has 2 aliphatic rings. The Labute approximate surface area is 139 Å². The monoisotopic (exact) mass is 315 g/mol. The summed E-state index contributed by atoms with van der Waals surface area (Å²) in [6.45, 7) is 1.70. The Balaban J connectivity index is 1.47. The molecule has 1 aromatic carbocycles. The largest absolute Gasteiger partial charge is 0.378 e. The molecule has 126 valence electrons. The first-order chi connectivity index (χ1) is 11.3. The lowest BCUT2D eigenvalue weighted by Crippen LogP contribution is -2.24. The first-order valence-electron chi connectivity index (χ1n) is 9.12. The Hall–Kier alpha value is -1.55. The molecule has 1 unspecified atom stereocenters. The quantitative estimate of drug-likeness (QED) is 0.495. The molecule has 1 aliphatic heterocycles. The van der Waals surface area contributed by atoms with Crippen LogP contribution in [0.1, 0.15) is 56.1 Å². The van der Waals surface area contributed by atoms with Crippen LogP contribution >= 0.6 is 0 Å². The molecule has 0 saturated carbocycles. The van der Waals surface area contributed by atoms with Crippen molar-refractivity contribution in [2.45, 2.75) is 63.9 Å². The van der Waals surface area contributed by atoms with Gasteiger partial charge in [0.05, 0.1) is 6.10 Å². The number of fused-ring (bicyclic) bond motifs is 1. The summed E-state index contributed by atoms with van der Waals surface area (Å²) in [4.78, 5) is 4.48. The second-order valence-electron chi connectivity index (χ2n) is 6.67. The van der Waals surface area contributed by atoms with Gasteiger partial charge in [-0.05, 0) is 75.0 Å². The predicted molar refractivity (Wildman–Crippen MR) is 96.0 cm³/mol. The van der Waals surface area contributed by atoms with Crippen LogP contribution in [-0.2, 0) is 17.6 Å². The molecular formula is C19H29N3O. The summed E-state index contributed by atoms with van der Waals surface area (Å²) in [6, 6.07) is 6.46. The second-order valence-corrected chi connectivity index (χ2v) is 6.67. The minimum atomic E-state index is 0.439. The summed E-state index contributed by atoms with van der Waals surface area (Å²) in [5.74, 6) is 0.536. The van der Waals surface area contributed by atoms with E-state index in [0.717, 1.165) is 38.1 Å². The number of aryl methyl sites for hydroxylation is 1. The average Bonchev–Trinajstić information content (AvgIpc) is 2.60. The number of aliphatic imine (C=N–C) groups is 1. The molecule has 1 aliphatic carbocycles. The van der Waals surface area contributed by atoms with Crippen LogP contribution in [0.5, 0.6) is 0 Å². The fraction of sp³-hybridized carbons (Fsp3) is 0.632. The molecule has 3 rings (SSSR count). The molecule has 23 heavy (non-hydrogen) atoms. The van der Waals surface area contributed by atoms with Crippen LogP contribution < -0.4 is 11.1 Å². The minimum absolute atomic E-state index is 0.439. The first-order valence-corrected chi connectivity index (χ1v) is 9.12. The number of hydrogen-bond acceptors (Lipinski definition) is 2. The number of ether oxygens (including phenoxy) is 1. The van der Waals surface area contributed by atoms with E-state index in [9.17, 15) is 0 Å². The predicted octanol–water partition coefficient (Wildman–Crippen LogP) is 3.64. The van der Waals surface area contributed by atoms with Crippen molar-refractivity contribution >= 4 is 11.6 Å². The first kappa shape index (κ1) is 16.3. The van der Waals surface area contributed by atoms with Crippen molar-refractivity contribution in [3.8, 4) is 0 Å². The topological polar surface area (TPSA) is 59.6 Å². The van der Waals surface area contributed by atoms with Gasteiger partial charge in [0.1, 0.15) is 0 Å². The van der Waals surface area contributed by atoms with Crippen LogP contribution in [0.2, 0.25) is 0 Å². The van der Waals surface area contributed by atoms with Crippen LogP contribution in [-0.4, -0.2) is 25.2 Å². The highest BCUT2D eigenvalue weighted by atomic mass is 16.5. The summed E-state index contributed by atoms with van der Waals surface area (Å²) < 4.78 is 5.75. The molecule has 0 radical (unpaired) electrons. The van der Waals surface area contributed by atoms with Gasteiger partial charge in [0.2, 0.25) is 0 Å². The highest BCUT2D eigenvalue weighted by Gasteiger charge is 2.14. The molecule has 0 aromatic heterocycles. The van der Waals surface area contributed by atoms with Gasteiger partial charge in [-0.15, -0.1) is 0 Å². The van der Waals surface area contributed by atoms with Crippen LogP contribution in [0.3, 0.4) is 0 Å². The number of nitrogens with two attached hydrogens (primary N) is 1. The van der Waals surface area contributed by atoms with Crippen molar-refractivity contribution in [2.24, 2.45) is 10.7 Å². The number of nitrogens with zero attached hydrogens (tertiary/aromatic N) is 1. The van der Waals surface area contributed by atoms with E-state index in [1.165, 1.54) is 49.7 Å². The highest BCUT2D eigenvalue weighted by Crippen LogP contribution is 2.27. The number of anilines is 1. The average molecular weight is 315 g/mol. The standard InChI is InChI=1S/C19H29N3O/c20-19(21-13-6-10-16-9-3-4-14-23-16)22-18-12-5-8-15-7-1-2-11-17(15)18/h5,8,12,16H,1-4,6-7,9-11,13-14H2,(H3,20,21,22). The molecule has 3 N–H and O–H groups in total. The van der Waals surface area contributed by atoms with Gasteiger partial charge in [0, 0.05) is 18.8 Å². The third-order valence-corrected chi connectivity index (χ3v) is 4.90. The zero-order valence-corrected chi connectivity index (χ0v) is 14.0. The van der Waals surface area contributed by atoms with Crippen molar-refractivity contribution in [1.82, 2.24) is 0 Å². The Morgan fingerprint density at radius 2 is 2.13 bits per heavy atom. The maximum Gasteiger partial charge on any atom is 0.193 e. The smallest absolute Gasteiger partial charge is 0.193 e. The summed E-state index contributed by atoms with van der Waals surface area (Å²) in [5, 5.41) is 3.30. The Morgan fingerprint density at radius 3 is 3.00 bits per heavy atom. The third kappa shape index (κ3) is 4.71. The van der Waals surface area contributed by atoms with E-state index in [2.05, 4.69) is 28.5 Å². The molecule has 4 nitrogen and oxygen atoms in total. The van der Waals surface area contributed by atoms with Crippen molar-refractivity contribution in [3.63, 3.8) is 0 Å². The van der Waals surface area contributed by atoms with Gasteiger partial charge < -0.3 is 15.8 Å². The van der Waals surface area contributed by atoms with E-state index in [4.69, 9.17) is 10.5 Å². The molecule has 1 atom stereocenters. The molecule has 4 heteroatoms. The zero-order valence-electron chi connectivity index (χ0n) is 14.0. The Bertz CT molecular complexity index is 535. The van der Waals surface area contributed by atoms with Crippen LogP contribution in [0.25, 0.3) is 0 Å². The van der Waals surface area contributed by atoms with Gasteiger partial charge >= 0.3 is 0 Å². The molecular weight excluding hydrogens is 286 g/mol.